The van der Waals surface area contributed by atoms with Crippen molar-refractivity contribution in [2.75, 3.05) is 5.32 Å². The van der Waals surface area contributed by atoms with E-state index in [1.807, 2.05) is 36.4 Å². The van der Waals surface area contributed by atoms with Gasteiger partial charge in [-0.2, -0.15) is 0 Å². The van der Waals surface area contributed by atoms with Gasteiger partial charge in [-0.3, -0.25) is 9.32 Å². The number of nitrogens with one attached hydrogen (secondary N) is 1. The van der Waals surface area contributed by atoms with E-state index in [4.69, 9.17) is 4.52 Å². The van der Waals surface area contributed by atoms with Gasteiger partial charge in [0, 0.05) is 23.6 Å². The zero-order chi connectivity index (χ0) is 19.3. The molecule has 4 rings (SSSR count). The van der Waals surface area contributed by atoms with Crippen LogP contribution in [0.25, 0.3) is 11.6 Å². The van der Waals surface area contributed by atoms with Gasteiger partial charge >= 0.3 is 5.76 Å². The van der Waals surface area contributed by atoms with Crippen LogP contribution in [0.4, 0.5) is 5.69 Å². The predicted octanol–water partition coefficient (Wildman–Crippen LogP) is 2.59. The lowest BCUT2D eigenvalue weighted by molar-refractivity contribution is 0.102. The van der Waals surface area contributed by atoms with Crippen molar-refractivity contribution in [2.24, 2.45) is 0 Å². The molecule has 8 nitrogen and oxygen atoms in total. The number of carbonyl (C=O) groups excluding carboxylic acids is 1. The van der Waals surface area contributed by atoms with Crippen LogP contribution >= 0.6 is 0 Å². The molecule has 2 aromatic heterocycles. The average Bonchev–Trinajstić information content (AvgIpc) is 3.10. The first-order valence-corrected chi connectivity index (χ1v) is 8.50. The number of rotatable bonds is 5. The van der Waals surface area contributed by atoms with Gasteiger partial charge in [-0.25, -0.2) is 19.3 Å². The molecule has 0 bridgehead atoms. The summed E-state index contributed by atoms with van der Waals surface area (Å²) in [5, 5.41) is 6.60. The van der Waals surface area contributed by atoms with Gasteiger partial charge in [-0.05, 0) is 35.9 Å². The lowest BCUT2D eigenvalue weighted by Crippen LogP contribution is -2.17. The Balaban J connectivity index is 1.59. The van der Waals surface area contributed by atoms with Gasteiger partial charge in [-0.1, -0.05) is 35.5 Å². The molecule has 0 aliphatic heterocycles. The molecule has 0 spiro atoms. The molecule has 0 saturated heterocycles. The number of benzene rings is 2. The largest absolute Gasteiger partial charge is 0.442 e. The molecule has 2 heterocycles. The highest BCUT2D eigenvalue weighted by atomic mass is 16.5. The molecule has 0 unspecified atom stereocenters. The highest BCUT2D eigenvalue weighted by Gasteiger charge is 2.16. The number of para-hydroxylation sites is 1. The van der Waals surface area contributed by atoms with Crippen LogP contribution in [-0.2, 0) is 6.54 Å². The van der Waals surface area contributed by atoms with Crippen molar-refractivity contribution in [2.45, 2.75) is 6.54 Å². The summed E-state index contributed by atoms with van der Waals surface area (Å²) < 4.78 is 6.10. The fraction of sp³-hybridized carbons (Fsp3) is 0.0500. The van der Waals surface area contributed by atoms with Gasteiger partial charge < -0.3 is 5.32 Å². The van der Waals surface area contributed by atoms with Crippen LogP contribution in [0.3, 0.4) is 0 Å². The van der Waals surface area contributed by atoms with Gasteiger partial charge in [0.2, 0.25) is 5.82 Å². The first kappa shape index (κ1) is 17.3. The first-order valence-electron chi connectivity index (χ1n) is 8.50. The van der Waals surface area contributed by atoms with Crippen LogP contribution in [0.1, 0.15) is 15.9 Å². The molecular formula is C20H15N5O3. The van der Waals surface area contributed by atoms with Crippen LogP contribution in [0.2, 0.25) is 0 Å². The minimum atomic E-state index is -0.624. The number of hydrogen-bond donors (Lipinski definition) is 1. The van der Waals surface area contributed by atoms with Crippen molar-refractivity contribution < 1.29 is 9.32 Å². The smallest absolute Gasteiger partial charge is 0.322 e. The number of nitrogens with zero attached hydrogens (tertiary/aromatic N) is 4. The zero-order valence-electron chi connectivity index (χ0n) is 14.6. The topological polar surface area (TPSA) is 103 Å². The van der Waals surface area contributed by atoms with Gasteiger partial charge in [0.25, 0.3) is 5.91 Å². The SMILES string of the molecule is O=C(Nc1ccccc1)c1cccc(Cn2c(-c3ncccn3)noc2=O)c1. The maximum absolute atomic E-state index is 12.5. The quantitative estimate of drug-likeness (QED) is 0.577. The monoisotopic (exact) mass is 373 g/mol. The fourth-order valence-corrected chi connectivity index (χ4v) is 2.70. The second-order valence-corrected chi connectivity index (χ2v) is 5.95. The van der Waals surface area contributed by atoms with E-state index in [2.05, 4.69) is 20.4 Å². The van der Waals surface area contributed by atoms with Crippen molar-refractivity contribution in [3.05, 3.63) is 94.7 Å². The third-order valence-electron chi connectivity index (χ3n) is 4.01. The van der Waals surface area contributed by atoms with Gasteiger partial charge in [0.05, 0.1) is 6.54 Å². The Hall–Kier alpha value is -4.07. The molecule has 1 amide bonds. The normalized spacial score (nSPS) is 10.6. The molecule has 138 valence electrons. The lowest BCUT2D eigenvalue weighted by Gasteiger charge is -2.08. The van der Waals surface area contributed by atoms with Crippen molar-refractivity contribution in [3.8, 4) is 11.6 Å². The van der Waals surface area contributed by atoms with E-state index in [0.717, 1.165) is 5.56 Å². The molecule has 0 radical (unpaired) electrons. The summed E-state index contributed by atoms with van der Waals surface area (Å²) in [6, 6.07) is 17.8. The van der Waals surface area contributed by atoms with Crippen LogP contribution in [0, 0.1) is 0 Å². The van der Waals surface area contributed by atoms with Gasteiger partial charge in [0.15, 0.2) is 5.82 Å². The molecular weight excluding hydrogens is 358 g/mol. The third-order valence-corrected chi connectivity index (χ3v) is 4.01. The van der Waals surface area contributed by atoms with E-state index in [9.17, 15) is 9.59 Å². The molecule has 0 aliphatic carbocycles. The van der Waals surface area contributed by atoms with Crippen LogP contribution in [0.5, 0.6) is 0 Å². The maximum Gasteiger partial charge on any atom is 0.442 e. The van der Waals surface area contributed by atoms with E-state index in [1.165, 1.54) is 4.57 Å². The third kappa shape index (κ3) is 3.70. The van der Waals surface area contributed by atoms with Crippen molar-refractivity contribution >= 4 is 11.6 Å². The summed E-state index contributed by atoms with van der Waals surface area (Å²) in [6.07, 6.45) is 3.11. The number of hydrogen-bond acceptors (Lipinski definition) is 6. The van der Waals surface area contributed by atoms with Crippen LogP contribution in [0.15, 0.2) is 82.4 Å². The summed E-state index contributed by atoms with van der Waals surface area (Å²) in [7, 11) is 0. The summed E-state index contributed by atoms with van der Waals surface area (Å²) >= 11 is 0. The second-order valence-electron chi connectivity index (χ2n) is 5.95. The summed E-state index contributed by atoms with van der Waals surface area (Å²) in [5.41, 5.74) is 1.92. The summed E-state index contributed by atoms with van der Waals surface area (Å²) in [5.74, 6) is -0.352. The summed E-state index contributed by atoms with van der Waals surface area (Å²) in [6.45, 7) is 0.169. The average molecular weight is 373 g/mol. The first-order chi connectivity index (χ1) is 13.7. The summed E-state index contributed by atoms with van der Waals surface area (Å²) in [4.78, 5) is 32.8. The Morgan fingerprint density at radius 2 is 1.79 bits per heavy atom. The number of aromatic nitrogens is 4. The molecule has 28 heavy (non-hydrogen) atoms. The Morgan fingerprint density at radius 1 is 1.00 bits per heavy atom. The Labute approximate surface area is 159 Å². The highest BCUT2D eigenvalue weighted by molar-refractivity contribution is 6.04. The minimum absolute atomic E-state index is 0.169. The Bertz CT molecular complexity index is 1150. The molecule has 0 aliphatic rings. The Kier molecular flexibility index (Phi) is 4.75. The van der Waals surface area contributed by atoms with Gasteiger partial charge in [0.1, 0.15) is 0 Å². The predicted molar refractivity (Wildman–Crippen MR) is 102 cm³/mol. The van der Waals surface area contributed by atoms with E-state index in [-0.39, 0.29) is 24.1 Å². The number of anilines is 1. The number of carbonyl (C=O) groups is 1. The van der Waals surface area contributed by atoms with E-state index in [0.29, 0.717) is 11.3 Å². The van der Waals surface area contributed by atoms with E-state index in [1.54, 1.807) is 36.7 Å². The zero-order valence-corrected chi connectivity index (χ0v) is 14.6. The van der Waals surface area contributed by atoms with Gasteiger partial charge in [-0.15, -0.1) is 0 Å². The molecule has 0 atom stereocenters. The standard InChI is InChI=1S/C20H15N5O3/c26-19(23-16-8-2-1-3-9-16)15-7-4-6-14(12-15)13-25-18(24-28-20(25)27)17-21-10-5-11-22-17/h1-12H,13H2,(H,23,26). The Morgan fingerprint density at radius 3 is 2.57 bits per heavy atom. The minimum Gasteiger partial charge on any atom is -0.322 e. The second kappa shape index (κ2) is 7.67. The van der Waals surface area contributed by atoms with Crippen molar-refractivity contribution in [1.82, 2.24) is 19.7 Å². The molecule has 1 N–H and O–H groups in total. The molecule has 8 heteroatoms. The fourth-order valence-electron chi connectivity index (χ4n) is 2.70. The maximum atomic E-state index is 12.5. The highest BCUT2D eigenvalue weighted by Crippen LogP contribution is 2.14. The molecule has 0 fully saturated rings. The molecule has 0 saturated carbocycles. The van der Waals surface area contributed by atoms with E-state index < -0.39 is 5.76 Å². The van der Waals surface area contributed by atoms with Crippen LogP contribution < -0.4 is 11.1 Å². The van der Waals surface area contributed by atoms with Crippen molar-refractivity contribution in [3.63, 3.8) is 0 Å². The van der Waals surface area contributed by atoms with Crippen molar-refractivity contribution in [1.29, 1.82) is 0 Å². The molecule has 2 aromatic carbocycles. The lowest BCUT2D eigenvalue weighted by atomic mass is 10.1. The number of amides is 1. The van der Waals surface area contributed by atoms with E-state index >= 15 is 0 Å². The van der Waals surface area contributed by atoms with Crippen LogP contribution in [-0.4, -0.2) is 25.6 Å². The molecule has 4 aromatic rings.